The summed E-state index contributed by atoms with van der Waals surface area (Å²) in [5.41, 5.74) is 8.17. The Morgan fingerprint density at radius 1 is 1.19 bits per heavy atom. The van der Waals surface area contributed by atoms with Crippen LogP contribution in [0.4, 0.5) is 0 Å². The Morgan fingerprint density at radius 2 is 2.00 bits per heavy atom. The summed E-state index contributed by atoms with van der Waals surface area (Å²) >= 11 is 0. The first-order valence-corrected chi connectivity index (χ1v) is 6.68. The molecule has 0 spiro atoms. The smallest absolute Gasteiger partial charge is 0.137 e. The fourth-order valence-corrected chi connectivity index (χ4v) is 2.14. The maximum atomic E-state index is 7.27. The van der Waals surface area contributed by atoms with Gasteiger partial charge in [0.05, 0.1) is 11.5 Å². The van der Waals surface area contributed by atoms with Crippen molar-refractivity contribution in [2.75, 3.05) is 0 Å². The predicted octanol–water partition coefficient (Wildman–Crippen LogP) is 2.39. The Labute approximate surface area is 122 Å². The maximum Gasteiger partial charge on any atom is 0.137 e. The van der Waals surface area contributed by atoms with Gasteiger partial charge in [0.1, 0.15) is 18.0 Å². The van der Waals surface area contributed by atoms with Crippen LogP contribution >= 0.6 is 0 Å². The van der Waals surface area contributed by atoms with E-state index in [1.165, 1.54) is 0 Å². The molecule has 1 aromatic carbocycles. The number of amidine groups is 1. The van der Waals surface area contributed by atoms with Gasteiger partial charge in [0.2, 0.25) is 0 Å². The second kappa shape index (κ2) is 5.66. The molecule has 0 saturated heterocycles. The van der Waals surface area contributed by atoms with Gasteiger partial charge >= 0.3 is 0 Å². The molecule has 2 heterocycles. The second-order valence-electron chi connectivity index (χ2n) is 4.83. The van der Waals surface area contributed by atoms with Crippen LogP contribution < -0.4 is 10.5 Å². The number of fused-ring (bicyclic) bond motifs is 1. The van der Waals surface area contributed by atoms with E-state index in [1.54, 1.807) is 0 Å². The van der Waals surface area contributed by atoms with E-state index >= 15 is 0 Å². The van der Waals surface area contributed by atoms with Gasteiger partial charge in [-0.15, -0.1) is 0 Å². The minimum Gasteiger partial charge on any atom is -0.487 e. The molecule has 0 fully saturated rings. The number of imidazole rings is 1. The van der Waals surface area contributed by atoms with Crippen molar-refractivity contribution in [3.63, 3.8) is 0 Å². The lowest BCUT2D eigenvalue weighted by atomic mass is 10.1. The second-order valence-corrected chi connectivity index (χ2v) is 4.83. The molecule has 0 bridgehead atoms. The molecule has 3 rings (SSSR count). The average Bonchev–Trinajstić information content (AvgIpc) is 2.89. The van der Waals surface area contributed by atoms with E-state index < -0.39 is 0 Å². The van der Waals surface area contributed by atoms with Crippen molar-refractivity contribution in [1.82, 2.24) is 9.38 Å². The van der Waals surface area contributed by atoms with Crippen LogP contribution in [0.2, 0.25) is 0 Å². The lowest BCUT2D eigenvalue weighted by molar-refractivity contribution is 0.302. The summed E-state index contributed by atoms with van der Waals surface area (Å²) in [5, 5.41) is 7.27. The highest BCUT2D eigenvalue weighted by molar-refractivity contribution is 5.79. The standard InChI is InChI=1S/C16H16N4O/c17-15(18)9-12-4-6-14(7-5-12)21-11-13-10-20-8-2-1-3-16(20)19-13/h1-8,10H,9,11H2,(H3,17,18). The van der Waals surface area contributed by atoms with E-state index in [2.05, 4.69) is 4.98 Å². The van der Waals surface area contributed by atoms with Crippen LogP contribution in [0, 0.1) is 5.41 Å². The lowest BCUT2D eigenvalue weighted by Crippen LogP contribution is -2.12. The number of aromatic nitrogens is 2. The molecule has 0 unspecified atom stereocenters. The number of ether oxygens (including phenoxy) is 1. The summed E-state index contributed by atoms with van der Waals surface area (Å²) in [7, 11) is 0. The van der Waals surface area contributed by atoms with Gasteiger partial charge < -0.3 is 14.9 Å². The topological polar surface area (TPSA) is 76.4 Å². The number of hydrogen-bond donors (Lipinski definition) is 2. The Hall–Kier alpha value is -2.82. The Balaban J connectivity index is 1.65. The molecule has 3 aromatic rings. The zero-order valence-corrected chi connectivity index (χ0v) is 11.5. The Bertz CT molecular complexity index is 728. The summed E-state index contributed by atoms with van der Waals surface area (Å²) in [4.78, 5) is 4.48. The minimum atomic E-state index is 0.161. The van der Waals surface area contributed by atoms with E-state index in [0.29, 0.717) is 13.0 Å². The maximum absolute atomic E-state index is 7.27. The van der Waals surface area contributed by atoms with Crippen LogP contribution in [0.25, 0.3) is 5.65 Å². The first-order valence-electron chi connectivity index (χ1n) is 6.68. The average molecular weight is 280 g/mol. The van der Waals surface area contributed by atoms with Crippen LogP contribution in [0.1, 0.15) is 11.3 Å². The molecule has 0 aliphatic rings. The molecule has 5 heteroatoms. The first-order chi connectivity index (χ1) is 10.2. The molecular weight excluding hydrogens is 264 g/mol. The highest BCUT2D eigenvalue weighted by Gasteiger charge is 2.02. The molecule has 0 aliphatic carbocycles. The van der Waals surface area contributed by atoms with Gasteiger partial charge in [-0.25, -0.2) is 4.98 Å². The van der Waals surface area contributed by atoms with Gasteiger partial charge in [0.25, 0.3) is 0 Å². The minimum absolute atomic E-state index is 0.161. The largest absolute Gasteiger partial charge is 0.487 e. The molecule has 0 amide bonds. The molecule has 3 N–H and O–H groups in total. The number of nitrogens with zero attached hydrogens (tertiary/aromatic N) is 2. The molecule has 2 aromatic heterocycles. The van der Waals surface area contributed by atoms with E-state index in [1.807, 2.05) is 59.3 Å². The van der Waals surface area contributed by atoms with E-state index in [0.717, 1.165) is 22.7 Å². The summed E-state index contributed by atoms with van der Waals surface area (Å²) in [6.07, 6.45) is 4.38. The molecule has 5 nitrogen and oxygen atoms in total. The third-order valence-corrected chi connectivity index (χ3v) is 3.12. The van der Waals surface area contributed by atoms with Crippen molar-refractivity contribution in [2.45, 2.75) is 13.0 Å². The first kappa shape index (κ1) is 13.2. The van der Waals surface area contributed by atoms with Crippen molar-refractivity contribution < 1.29 is 4.74 Å². The van der Waals surface area contributed by atoms with Crippen LogP contribution in [-0.4, -0.2) is 15.2 Å². The fraction of sp³-hybridized carbons (Fsp3) is 0.125. The van der Waals surface area contributed by atoms with Crippen molar-refractivity contribution in [3.8, 4) is 5.75 Å². The summed E-state index contributed by atoms with van der Waals surface area (Å²) in [6.45, 7) is 0.424. The monoisotopic (exact) mass is 280 g/mol. The van der Waals surface area contributed by atoms with Crippen LogP contribution in [0.5, 0.6) is 5.75 Å². The number of nitrogens with two attached hydrogens (primary N) is 1. The SMILES string of the molecule is N=C(N)Cc1ccc(OCc2cn3ccccc3n2)cc1. The van der Waals surface area contributed by atoms with Crippen molar-refractivity contribution in [3.05, 3.63) is 66.1 Å². The number of hydrogen-bond acceptors (Lipinski definition) is 3. The number of nitrogens with one attached hydrogen (secondary N) is 1. The molecule has 106 valence electrons. The van der Waals surface area contributed by atoms with Crippen molar-refractivity contribution >= 4 is 11.5 Å². The zero-order chi connectivity index (χ0) is 14.7. The predicted molar refractivity (Wildman–Crippen MR) is 81.6 cm³/mol. The van der Waals surface area contributed by atoms with E-state index in [4.69, 9.17) is 15.9 Å². The van der Waals surface area contributed by atoms with Crippen molar-refractivity contribution in [1.29, 1.82) is 5.41 Å². The van der Waals surface area contributed by atoms with Crippen LogP contribution in [0.3, 0.4) is 0 Å². The van der Waals surface area contributed by atoms with Crippen LogP contribution in [-0.2, 0) is 13.0 Å². The summed E-state index contributed by atoms with van der Waals surface area (Å²) in [5.74, 6) is 0.938. The van der Waals surface area contributed by atoms with Gasteiger partial charge in [-0.1, -0.05) is 18.2 Å². The molecular formula is C16H16N4O. The molecule has 0 aliphatic heterocycles. The molecule has 0 saturated carbocycles. The quantitative estimate of drug-likeness (QED) is 0.556. The molecule has 0 atom stereocenters. The summed E-state index contributed by atoms with van der Waals surface area (Å²) < 4.78 is 7.69. The zero-order valence-electron chi connectivity index (χ0n) is 11.5. The van der Waals surface area contributed by atoms with Gasteiger partial charge in [0.15, 0.2) is 0 Å². The molecule has 0 radical (unpaired) electrons. The lowest BCUT2D eigenvalue weighted by Gasteiger charge is -2.05. The molecule has 21 heavy (non-hydrogen) atoms. The fourth-order valence-electron chi connectivity index (χ4n) is 2.14. The van der Waals surface area contributed by atoms with Gasteiger partial charge in [-0.05, 0) is 29.8 Å². The Kier molecular flexibility index (Phi) is 3.55. The third-order valence-electron chi connectivity index (χ3n) is 3.12. The Morgan fingerprint density at radius 3 is 2.71 bits per heavy atom. The summed E-state index contributed by atoms with van der Waals surface area (Å²) in [6, 6.07) is 13.5. The number of pyridine rings is 1. The number of benzene rings is 1. The highest BCUT2D eigenvalue weighted by atomic mass is 16.5. The highest BCUT2D eigenvalue weighted by Crippen LogP contribution is 2.14. The van der Waals surface area contributed by atoms with Gasteiger partial charge in [0, 0.05) is 18.8 Å². The van der Waals surface area contributed by atoms with E-state index in [9.17, 15) is 0 Å². The van der Waals surface area contributed by atoms with Gasteiger partial charge in [-0.3, -0.25) is 5.41 Å². The van der Waals surface area contributed by atoms with Gasteiger partial charge in [-0.2, -0.15) is 0 Å². The van der Waals surface area contributed by atoms with Crippen LogP contribution in [0.15, 0.2) is 54.9 Å². The third kappa shape index (κ3) is 3.20. The van der Waals surface area contributed by atoms with Crippen molar-refractivity contribution in [2.24, 2.45) is 5.73 Å². The van der Waals surface area contributed by atoms with E-state index in [-0.39, 0.29) is 5.84 Å². The number of rotatable bonds is 5. The normalized spacial score (nSPS) is 10.7.